The quantitative estimate of drug-likeness (QED) is 0.220. The summed E-state index contributed by atoms with van der Waals surface area (Å²) in [6, 6.07) is 14.3. The lowest BCUT2D eigenvalue weighted by molar-refractivity contribution is -0.149. The number of carbonyl (C=O) groups is 4. The third-order valence-electron chi connectivity index (χ3n) is 5.28. The van der Waals surface area contributed by atoms with Crippen LogP contribution in [-0.2, 0) is 29.1 Å². The van der Waals surface area contributed by atoms with Crippen LogP contribution in [0.2, 0.25) is 10.0 Å². The Balaban J connectivity index is 1.65. The molecule has 1 atom stereocenters. The maximum Gasteiger partial charge on any atom is 0.328 e. The number of rotatable bonds is 12. The highest BCUT2D eigenvalue weighted by Crippen LogP contribution is 2.35. The number of carboxylic acid groups (broad SMARTS) is 1. The molecule has 2 amide bonds. The van der Waals surface area contributed by atoms with E-state index in [9.17, 15) is 27.6 Å². The van der Waals surface area contributed by atoms with Crippen molar-refractivity contribution >= 4 is 62.7 Å². The molecule has 0 aliphatic carbocycles. The SMILES string of the molecule is COC(=O)[C@H](CC(=O)O)NC(=O)CNC(=O)c1ccc(S(=O)(=O)Nc2ccccc2Oc2ccc(Cl)cc2Cl)cc1. The van der Waals surface area contributed by atoms with E-state index in [-0.39, 0.29) is 32.7 Å². The van der Waals surface area contributed by atoms with E-state index < -0.39 is 52.8 Å². The average Bonchev–Trinajstić information content (AvgIpc) is 2.93. The summed E-state index contributed by atoms with van der Waals surface area (Å²) in [6.07, 6.45) is -0.707. The molecule has 0 radical (unpaired) electrons. The molecule has 0 aliphatic heterocycles. The molecule has 0 heterocycles. The van der Waals surface area contributed by atoms with Crippen LogP contribution in [0.1, 0.15) is 16.8 Å². The van der Waals surface area contributed by atoms with Gasteiger partial charge in [-0.25, -0.2) is 13.2 Å². The predicted octanol–water partition coefficient (Wildman–Crippen LogP) is 3.45. The number of amides is 2. The smallest absolute Gasteiger partial charge is 0.328 e. The topological polar surface area (TPSA) is 177 Å². The number of hydrogen-bond donors (Lipinski definition) is 4. The van der Waals surface area contributed by atoms with Crippen molar-refractivity contribution in [2.45, 2.75) is 17.4 Å². The molecule has 3 aromatic rings. The molecule has 0 saturated heterocycles. The lowest BCUT2D eigenvalue weighted by Gasteiger charge is -2.15. The van der Waals surface area contributed by atoms with Crippen LogP contribution in [0.4, 0.5) is 5.69 Å². The molecule has 3 aromatic carbocycles. The molecule has 0 fully saturated rings. The number of halogens is 2. The molecule has 0 unspecified atom stereocenters. The van der Waals surface area contributed by atoms with Gasteiger partial charge in [-0.15, -0.1) is 0 Å². The van der Waals surface area contributed by atoms with Crippen molar-refractivity contribution in [3.8, 4) is 11.5 Å². The van der Waals surface area contributed by atoms with Gasteiger partial charge in [-0.2, -0.15) is 0 Å². The summed E-state index contributed by atoms with van der Waals surface area (Å²) in [5, 5.41) is 14.0. The average molecular weight is 624 g/mol. The molecule has 216 valence electrons. The van der Waals surface area contributed by atoms with Crippen LogP contribution in [0, 0.1) is 0 Å². The Labute approximate surface area is 244 Å². The Morgan fingerprint density at radius 3 is 2.27 bits per heavy atom. The first kappa shape index (κ1) is 31.2. The Kier molecular flexibility index (Phi) is 10.5. The maximum atomic E-state index is 13.0. The summed E-state index contributed by atoms with van der Waals surface area (Å²) in [7, 11) is -3.08. The maximum absolute atomic E-state index is 13.0. The number of esters is 1. The van der Waals surface area contributed by atoms with Crippen LogP contribution >= 0.6 is 23.2 Å². The largest absolute Gasteiger partial charge is 0.481 e. The first-order valence-corrected chi connectivity index (χ1v) is 13.9. The third kappa shape index (κ3) is 8.83. The number of sulfonamides is 1. The standard InChI is InChI=1S/C26H23Cl2N3O9S/c1-39-26(36)20(13-24(33)34)30-23(32)14-29-25(35)15-6-9-17(10-7-15)41(37,38)31-19-4-2-3-5-22(19)40-21-11-8-16(27)12-18(21)28/h2-12,20,31H,13-14H2,1H3,(H,29,35)(H,30,32)(H,33,34)/t20-/m0/s1. The Bertz CT molecular complexity index is 1560. The molecule has 41 heavy (non-hydrogen) atoms. The number of para-hydroxylation sites is 2. The minimum absolute atomic E-state index is 0.0351. The van der Waals surface area contributed by atoms with E-state index in [1.807, 2.05) is 0 Å². The third-order valence-corrected chi connectivity index (χ3v) is 7.19. The van der Waals surface area contributed by atoms with Gasteiger partial charge in [-0.05, 0) is 54.6 Å². The highest BCUT2D eigenvalue weighted by molar-refractivity contribution is 7.92. The second kappa shape index (κ2) is 13.8. The number of nitrogens with one attached hydrogen (secondary N) is 3. The molecule has 0 aromatic heterocycles. The second-order valence-electron chi connectivity index (χ2n) is 8.23. The number of methoxy groups -OCH3 is 1. The fraction of sp³-hybridized carbons (Fsp3) is 0.154. The van der Waals surface area contributed by atoms with Crippen LogP contribution in [-0.4, -0.2) is 57.0 Å². The number of ether oxygens (including phenoxy) is 2. The summed E-state index contributed by atoms with van der Waals surface area (Å²) < 4.78 is 38.7. The van der Waals surface area contributed by atoms with Crippen molar-refractivity contribution in [3.05, 3.63) is 82.3 Å². The lowest BCUT2D eigenvalue weighted by Crippen LogP contribution is -2.46. The fourth-order valence-electron chi connectivity index (χ4n) is 3.32. The van der Waals surface area contributed by atoms with Crippen molar-refractivity contribution in [2.24, 2.45) is 0 Å². The van der Waals surface area contributed by atoms with Gasteiger partial charge in [0, 0.05) is 10.6 Å². The van der Waals surface area contributed by atoms with Gasteiger partial charge in [0.2, 0.25) is 5.91 Å². The minimum atomic E-state index is -4.12. The van der Waals surface area contributed by atoms with Gasteiger partial charge < -0.3 is 25.2 Å². The number of aliphatic carboxylic acids is 1. The van der Waals surface area contributed by atoms with E-state index in [1.54, 1.807) is 24.3 Å². The van der Waals surface area contributed by atoms with Crippen LogP contribution in [0.15, 0.2) is 71.6 Å². The van der Waals surface area contributed by atoms with Gasteiger partial charge in [0.25, 0.3) is 15.9 Å². The zero-order valence-electron chi connectivity index (χ0n) is 21.2. The van der Waals surface area contributed by atoms with E-state index in [2.05, 4.69) is 20.1 Å². The van der Waals surface area contributed by atoms with Crippen molar-refractivity contribution in [3.63, 3.8) is 0 Å². The number of carbonyl (C=O) groups excluding carboxylic acids is 3. The Morgan fingerprint density at radius 2 is 1.63 bits per heavy atom. The van der Waals surface area contributed by atoms with E-state index >= 15 is 0 Å². The van der Waals surface area contributed by atoms with Gasteiger partial charge in [-0.1, -0.05) is 35.3 Å². The molecule has 12 nitrogen and oxygen atoms in total. The van der Waals surface area contributed by atoms with E-state index in [0.29, 0.717) is 5.02 Å². The molecule has 0 spiro atoms. The molecule has 0 bridgehead atoms. The number of benzene rings is 3. The summed E-state index contributed by atoms with van der Waals surface area (Å²) in [4.78, 5) is 46.9. The minimum Gasteiger partial charge on any atom is -0.481 e. The van der Waals surface area contributed by atoms with Gasteiger partial charge in [-0.3, -0.25) is 19.1 Å². The molecule has 15 heteroatoms. The van der Waals surface area contributed by atoms with Crippen molar-refractivity contribution in [1.29, 1.82) is 0 Å². The molecule has 4 N–H and O–H groups in total. The Morgan fingerprint density at radius 1 is 0.951 bits per heavy atom. The van der Waals surface area contributed by atoms with Crippen molar-refractivity contribution < 1.29 is 42.2 Å². The monoisotopic (exact) mass is 623 g/mol. The molecular formula is C26H23Cl2N3O9S. The number of anilines is 1. The zero-order valence-corrected chi connectivity index (χ0v) is 23.5. The van der Waals surface area contributed by atoms with Crippen LogP contribution in [0.5, 0.6) is 11.5 Å². The van der Waals surface area contributed by atoms with Crippen LogP contribution < -0.4 is 20.1 Å². The number of carboxylic acids is 1. The molecule has 0 saturated carbocycles. The van der Waals surface area contributed by atoms with Gasteiger partial charge in [0.05, 0.1) is 35.7 Å². The van der Waals surface area contributed by atoms with Crippen molar-refractivity contribution in [2.75, 3.05) is 18.4 Å². The van der Waals surface area contributed by atoms with Gasteiger partial charge in [0.15, 0.2) is 5.75 Å². The summed E-state index contributed by atoms with van der Waals surface area (Å²) >= 11 is 12.1. The molecular weight excluding hydrogens is 601 g/mol. The summed E-state index contributed by atoms with van der Waals surface area (Å²) in [5.74, 6) is -3.42. The van der Waals surface area contributed by atoms with E-state index in [0.717, 1.165) is 7.11 Å². The second-order valence-corrected chi connectivity index (χ2v) is 10.8. The fourth-order valence-corrected chi connectivity index (χ4v) is 4.84. The highest BCUT2D eigenvalue weighted by Gasteiger charge is 2.25. The van der Waals surface area contributed by atoms with Crippen LogP contribution in [0.3, 0.4) is 0 Å². The first-order chi connectivity index (χ1) is 19.4. The predicted molar refractivity (Wildman–Crippen MR) is 149 cm³/mol. The van der Waals surface area contributed by atoms with Crippen LogP contribution in [0.25, 0.3) is 0 Å². The summed E-state index contributed by atoms with van der Waals surface area (Å²) in [5.41, 5.74) is 0.160. The summed E-state index contributed by atoms with van der Waals surface area (Å²) in [6.45, 7) is -0.581. The molecule has 3 rings (SSSR count). The number of hydrogen-bond acceptors (Lipinski definition) is 8. The van der Waals surface area contributed by atoms with Gasteiger partial charge in [0.1, 0.15) is 11.8 Å². The highest BCUT2D eigenvalue weighted by atomic mass is 35.5. The zero-order chi connectivity index (χ0) is 30.2. The first-order valence-electron chi connectivity index (χ1n) is 11.6. The normalized spacial score (nSPS) is 11.6. The van der Waals surface area contributed by atoms with Crippen molar-refractivity contribution in [1.82, 2.24) is 10.6 Å². The Hall–Kier alpha value is -4.33. The van der Waals surface area contributed by atoms with E-state index in [1.165, 1.54) is 42.5 Å². The van der Waals surface area contributed by atoms with E-state index in [4.69, 9.17) is 33.0 Å². The molecule has 0 aliphatic rings. The van der Waals surface area contributed by atoms with Gasteiger partial charge >= 0.3 is 11.9 Å². The lowest BCUT2D eigenvalue weighted by atomic mass is 10.2.